The lowest BCUT2D eigenvalue weighted by Crippen LogP contribution is -2.40. The third-order valence-corrected chi connectivity index (χ3v) is 7.42. The molecule has 0 spiro atoms. The average molecular weight is 683 g/mol. The van der Waals surface area contributed by atoms with Crippen LogP contribution in [0.3, 0.4) is 0 Å². The second-order valence-corrected chi connectivity index (χ2v) is 12.2. The first-order chi connectivity index (χ1) is 23.1. The molecule has 4 rings (SSSR count). The maximum atomic E-state index is 13.8. The molecule has 1 saturated heterocycles. The van der Waals surface area contributed by atoms with Gasteiger partial charge in [-0.05, 0) is 103 Å². The van der Waals surface area contributed by atoms with Crippen LogP contribution in [0.1, 0.15) is 134 Å². The SMILES string of the molecule is CC.CC(C)(O)O.CC1CCC(C(c2ccc(F)c(F)c2)N2C(=O)c3ccccc3C2=O)O1.C\C=C/C(C(/C)=N/C=C/CC)=C(/C)CCC. The van der Waals surface area contributed by atoms with Gasteiger partial charge in [0.1, 0.15) is 0 Å². The van der Waals surface area contributed by atoms with E-state index in [2.05, 4.69) is 50.9 Å². The van der Waals surface area contributed by atoms with E-state index in [-0.39, 0.29) is 6.10 Å². The number of benzene rings is 2. The third kappa shape index (κ3) is 13.6. The number of aliphatic hydroxyl groups is 2. The Labute approximate surface area is 292 Å². The van der Waals surface area contributed by atoms with Gasteiger partial charge in [0.2, 0.25) is 0 Å². The van der Waals surface area contributed by atoms with Crippen molar-refractivity contribution in [1.29, 1.82) is 0 Å². The standard InChI is InChI=1S/C20H17F2NO3.C15H25N.C3H8O2.C2H6/c1-11-6-9-17(26-11)18(12-7-8-15(21)16(22)10-12)23-19(24)13-4-2-3-5-14(13)20(23)25;1-6-9-12-16-14(5)15(11-8-3)13(4)10-7-2;1-3(2,4)5;1-2/h2-5,7-8,10-11,17-18H,6,9H2,1H3;8-9,11-12H,6-7,10H2,1-5H3;4-5H,1-2H3;1-2H3/b;11-8-,12-9+,15-13+,16-14+;;. The van der Waals surface area contributed by atoms with E-state index in [0.717, 1.165) is 42.0 Å². The first kappa shape index (κ1) is 43.2. The Balaban J connectivity index is 0.000000448. The van der Waals surface area contributed by atoms with Gasteiger partial charge >= 0.3 is 0 Å². The van der Waals surface area contributed by atoms with E-state index < -0.39 is 41.4 Å². The highest BCUT2D eigenvalue weighted by Gasteiger charge is 2.45. The minimum atomic E-state index is -1.50. The van der Waals surface area contributed by atoms with Crippen molar-refractivity contribution in [3.63, 3.8) is 0 Å². The molecule has 49 heavy (non-hydrogen) atoms. The monoisotopic (exact) mass is 682 g/mol. The average Bonchev–Trinajstić information content (AvgIpc) is 3.59. The Morgan fingerprint density at radius 1 is 1.02 bits per heavy atom. The molecule has 2 amide bonds. The summed E-state index contributed by atoms with van der Waals surface area (Å²) in [6.07, 6.45) is 12.5. The van der Waals surface area contributed by atoms with Crippen LogP contribution in [0.4, 0.5) is 8.78 Å². The van der Waals surface area contributed by atoms with E-state index in [1.807, 2.05) is 33.9 Å². The van der Waals surface area contributed by atoms with Crippen molar-refractivity contribution in [1.82, 2.24) is 4.90 Å². The number of allylic oxidation sites excluding steroid dienone is 5. The Kier molecular flexibility index (Phi) is 18.8. The molecule has 270 valence electrons. The number of nitrogens with zero attached hydrogens (tertiary/aromatic N) is 2. The Morgan fingerprint density at radius 2 is 1.59 bits per heavy atom. The van der Waals surface area contributed by atoms with E-state index in [1.54, 1.807) is 24.3 Å². The van der Waals surface area contributed by atoms with Crippen LogP contribution in [0.2, 0.25) is 0 Å². The number of carbonyl (C=O) groups excluding carboxylic acids is 2. The summed E-state index contributed by atoms with van der Waals surface area (Å²) < 4.78 is 33.1. The normalized spacial score (nSPS) is 18.7. The molecule has 2 N–H and O–H groups in total. The molecule has 0 saturated carbocycles. The predicted molar refractivity (Wildman–Crippen MR) is 194 cm³/mol. The van der Waals surface area contributed by atoms with Crippen LogP contribution in [0.5, 0.6) is 0 Å². The molecule has 2 aliphatic rings. The number of hydrogen-bond acceptors (Lipinski definition) is 6. The molecule has 0 aliphatic carbocycles. The molecule has 3 unspecified atom stereocenters. The zero-order chi connectivity index (χ0) is 37.3. The molecule has 3 atom stereocenters. The largest absolute Gasteiger partial charge is 0.373 e. The van der Waals surface area contributed by atoms with Gasteiger partial charge in [-0.1, -0.05) is 76.1 Å². The topological polar surface area (TPSA) is 99.4 Å². The van der Waals surface area contributed by atoms with Crippen molar-refractivity contribution < 1.29 is 33.3 Å². The van der Waals surface area contributed by atoms with E-state index in [1.165, 1.54) is 37.5 Å². The molecule has 2 aliphatic heterocycles. The zero-order valence-corrected chi connectivity index (χ0v) is 30.9. The number of carbonyl (C=O) groups is 2. The molecule has 0 radical (unpaired) electrons. The van der Waals surface area contributed by atoms with Crippen LogP contribution in [-0.2, 0) is 4.74 Å². The summed E-state index contributed by atoms with van der Waals surface area (Å²) in [6.45, 7) is 19.2. The van der Waals surface area contributed by atoms with Gasteiger partial charge in [-0.3, -0.25) is 19.5 Å². The second kappa shape index (κ2) is 21.3. The maximum absolute atomic E-state index is 13.8. The first-order valence-electron chi connectivity index (χ1n) is 17.2. The van der Waals surface area contributed by atoms with Gasteiger partial charge in [-0.25, -0.2) is 8.78 Å². The summed E-state index contributed by atoms with van der Waals surface area (Å²) >= 11 is 0. The number of halogens is 2. The second-order valence-electron chi connectivity index (χ2n) is 12.2. The number of ether oxygens (including phenoxy) is 1. The first-order valence-corrected chi connectivity index (χ1v) is 17.2. The van der Waals surface area contributed by atoms with Crippen molar-refractivity contribution in [2.75, 3.05) is 0 Å². The molecule has 1 fully saturated rings. The highest BCUT2D eigenvalue weighted by molar-refractivity contribution is 6.21. The van der Waals surface area contributed by atoms with Gasteiger partial charge in [-0.15, -0.1) is 0 Å². The van der Waals surface area contributed by atoms with Crippen LogP contribution < -0.4 is 0 Å². The zero-order valence-electron chi connectivity index (χ0n) is 30.9. The quantitative estimate of drug-likeness (QED) is 0.119. The predicted octanol–water partition coefficient (Wildman–Crippen LogP) is 9.67. The van der Waals surface area contributed by atoms with Crippen molar-refractivity contribution in [3.8, 4) is 0 Å². The van der Waals surface area contributed by atoms with E-state index >= 15 is 0 Å². The van der Waals surface area contributed by atoms with Gasteiger partial charge in [0.05, 0.1) is 29.4 Å². The van der Waals surface area contributed by atoms with Crippen LogP contribution in [0.25, 0.3) is 0 Å². The lowest BCUT2D eigenvalue weighted by Gasteiger charge is -2.31. The van der Waals surface area contributed by atoms with Gasteiger partial charge < -0.3 is 14.9 Å². The summed E-state index contributed by atoms with van der Waals surface area (Å²) in [5.41, 5.74) is 4.79. The minimum absolute atomic E-state index is 0.0250. The van der Waals surface area contributed by atoms with Gasteiger partial charge in [0, 0.05) is 11.9 Å². The summed E-state index contributed by atoms with van der Waals surface area (Å²) in [6, 6.07) is 9.21. The van der Waals surface area contributed by atoms with Crippen molar-refractivity contribution >= 4 is 17.5 Å². The maximum Gasteiger partial charge on any atom is 0.262 e. The fourth-order valence-corrected chi connectivity index (χ4v) is 5.34. The van der Waals surface area contributed by atoms with Crippen LogP contribution >= 0.6 is 0 Å². The summed E-state index contributed by atoms with van der Waals surface area (Å²) in [5.74, 6) is -4.38. The molecule has 9 heteroatoms. The van der Waals surface area contributed by atoms with Crippen LogP contribution in [0.15, 0.2) is 83.0 Å². The Morgan fingerprint density at radius 3 is 2.04 bits per heavy atom. The fourth-order valence-electron chi connectivity index (χ4n) is 5.34. The highest BCUT2D eigenvalue weighted by Crippen LogP contribution is 2.39. The summed E-state index contributed by atoms with van der Waals surface area (Å²) in [5, 5.41) is 16.2. The number of hydrogen-bond donors (Lipinski definition) is 2. The third-order valence-electron chi connectivity index (χ3n) is 7.42. The number of rotatable bonds is 9. The lowest BCUT2D eigenvalue weighted by molar-refractivity contribution is -0.127. The number of aliphatic imine (C=N–C) groups is 1. The van der Waals surface area contributed by atoms with E-state index in [9.17, 15) is 18.4 Å². The molecule has 7 nitrogen and oxygen atoms in total. The molecule has 0 bridgehead atoms. The molecule has 0 aromatic heterocycles. The molecule has 2 aromatic rings. The molecule has 2 aromatic carbocycles. The minimum Gasteiger partial charge on any atom is -0.373 e. The van der Waals surface area contributed by atoms with Crippen LogP contribution in [-0.4, -0.2) is 50.6 Å². The number of amides is 2. The molecule has 2 heterocycles. The van der Waals surface area contributed by atoms with Crippen LogP contribution in [0, 0.1) is 11.6 Å². The summed E-state index contributed by atoms with van der Waals surface area (Å²) in [4.78, 5) is 31.4. The highest BCUT2D eigenvalue weighted by atomic mass is 19.2. The lowest BCUT2D eigenvalue weighted by atomic mass is 9.97. The number of imide groups is 1. The van der Waals surface area contributed by atoms with Crippen molar-refractivity contribution in [2.24, 2.45) is 4.99 Å². The van der Waals surface area contributed by atoms with Crippen molar-refractivity contribution in [2.45, 2.75) is 125 Å². The van der Waals surface area contributed by atoms with Crippen molar-refractivity contribution in [3.05, 3.63) is 106 Å². The molecular formula is C40H56F2N2O5. The smallest absolute Gasteiger partial charge is 0.262 e. The fraction of sp³-hybridized carbons (Fsp3) is 0.475. The molecular weight excluding hydrogens is 626 g/mol. The van der Waals surface area contributed by atoms with Gasteiger partial charge in [0.25, 0.3) is 11.8 Å². The summed E-state index contributed by atoms with van der Waals surface area (Å²) in [7, 11) is 0. The van der Waals surface area contributed by atoms with Gasteiger partial charge in [0.15, 0.2) is 17.4 Å². The Hall–Kier alpha value is -3.79. The Bertz CT molecular complexity index is 1450. The van der Waals surface area contributed by atoms with E-state index in [0.29, 0.717) is 23.1 Å². The van der Waals surface area contributed by atoms with E-state index in [4.69, 9.17) is 14.9 Å². The van der Waals surface area contributed by atoms with Gasteiger partial charge in [-0.2, -0.15) is 0 Å². The number of fused-ring (bicyclic) bond motifs is 1.